The van der Waals surface area contributed by atoms with E-state index in [4.69, 9.17) is 0 Å². The number of fused-ring (bicyclic) bond motifs is 24. The maximum absolute atomic E-state index is 4.03. The first-order chi connectivity index (χ1) is 37.1. The molecule has 0 aliphatic heterocycles. The van der Waals surface area contributed by atoms with Gasteiger partial charge in [-0.3, -0.25) is 0 Å². The molecule has 2 heterocycles. The summed E-state index contributed by atoms with van der Waals surface area (Å²) in [6.45, 7) is 6.28. The van der Waals surface area contributed by atoms with Crippen LogP contribution in [-0.4, -0.2) is 9.13 Å². The predicted octanol–water partition coefficient (Wildman–Crippen LogP) is 20.1. The van der Waals surface area contributed by atoms with E-state index in [9.17, 15) is 0 Å². The quantitative estimate of drug-likeness (QED) is 0.123. The maximum Gasteiger partial charge on any atom is 0.0541 e. The van der Waals surface area contributed by atoms with Gasteiger partial charge in [0.15, 0.2) is 0 Å². The second kappa shape index (κ2) is 15.9. The van der Waals surface area contributed by atoms with E-state index < -0.39 is 0 Å². The van der Waals surface area contributed by atoms with Crippen LogP contribution < -0.4 is 0 Å². The molecule has 0 bridgehead atoms. The number of hydrogen-bond acceptors (Lipinski definition) is 0. The molecule has 75 heavy (non-hydrogen) atoms. The Morgan fingerprint density at radius 2 is 0.573 bits per heavy atom. The van der Waals surface area contributed by atoms with Gasteiger partial charge in [0, 0.05) is 38.8 Å². The standard InChI is InChI=1S/C73H46N2/c1-3-4-19-47-44(2)74(71-31-16-13-28-58(47)71)45-34-36-56-61(38-45)69-42-65-54-26-11-7-22-50(54)48-20-6-10-25-53(48)64(65)41-68(69)57-37-35-46(75-72-32-17-14-29-59(72)60-30-15-18-33-73(60)75)39-62(57)70-43-66-55-27-12-8-23-51(55)49-21-5-9-24-52(49)63(66)40-67(56)70/h3-43H,1H2,2H3/b19-4-,67-56?,68-57?,69-61?,70-62?. The fourth-order valence-corrected chi connectivity index (χ4v) is 13.4. The third-order valence-electron chi connectivity index (χ3n) is 16.6. The van der Waals surface area contributed by atoms with E-state index in [1.165, 1.54) is 153 Å². The summed E-state index contributed by atoms with van der Waals surface area (Å²) in [4.78, 5) is 0. The Morgan fingerprint density at radius 1 is 0.280 bits per heavy atom. The highest BCUT2D eigenvalue weighted by molar-refractivity contribution is 6.29. The normalized spacial score (nSPS) is 12.3. The summed E-state index contributed by atoms with van der Waals surface area (Å²) in [6.07, 6.45) is 6.11. The van der Waals surface area contributed by atoms with Gasteiger partial charge in [0.05, 0.1) is 16.6 Å². The van der Waals surface area contributed by atoms with Crippen LogP contribution in [0.3, 0.4) is 0 Å². The highest BCUT2D eigenvalue weighted by Crippen LogP contribution is 2.53. The van der Waals surface area contributed by atoms with Crippen LogP contribution >= 0.6 is 0 Å². The summed E-state index contributed by atoms with van der Waals surface area (Å²) in [6, 6.07) is 87.0. The largest absolute Gasteiger partial charge is 0.313 e. The van der Waals surface area contributed by atoms with Crippen molar-refractivity contribution in [2.45, 2.75) is 6.92 Å². The molecule has 0 spiro atoms. The van der Waals surface area contributed by atoms with Crippen LogP contribution in [-0.2, 0) is 0 Å². The lowest BCUT2D eigenvalue weighted by atomic mass is 9.78. The molecule has 15 aromatic rings. The number of para-hydroxylation sites is 3. The molecule has 2 heteroatoms. The fourth-order valence-electron chi connectivity index (χ4n) is 13.4. The van der Waals surface area contributed by atoms with Gasteiger partial charge in [-0.2, -0.15) is 0 Å². The van der Waals surface area contributed by atoms with Crippen LogP contribution in [0.5, 0.6) is 0 Å². The van der Waals surface area contributed by atoms with Gasteiger partial charge in [0.25, 0.3) is 0 Å². The summed E-state index contributed by atoms with van der Waals surface area (Å²) in [5.41, 5.74) is 17.8. The minimum absolute atomic E-state index is 1.12. The van der Waals surface area contributed by atoms with Gasteiger partial charge in [0.1, 0.15) is 0 Å². The van der Waals surface area contributed by atoms with Crippen LogP contribution in [0.4, 0.5) is 0 Å². The zero-order valence-corrected chi connectivity index (χ0v) is 41.3. The van der Waals surface area contributed by atoms with E-state index in [0.29, 0.717) is 0 Å². The molecular formula is C73H46N2. The first kappa shape index (κ1) is 41.8. The van der Waals surface area contributed by atoms with Crippen LogP contribution in [0.25, 0.3) is 159 Å². The first-order valence-electron chi connectivity index (χ1n) is 26.0. The Hall–Kier alpha value is -9.76. The van der Waals surface area contributed by atoms with Crippen molar-refractivity contribution in [3.63, 3.8) is 0 Å². The second-order valence-electron chi connectivity index (χ2n) is 20.3. The minimum atomic E-state index is 1.12. The number of rotatable bonds is 4. The molecule has 2 aromatic heterocycles. The molecule has 0 unspecified atom stereocenters. The van der Waals surface area contributed by atoms with Crippen LogP contribution in [0, 0.1) is 6.92 Å². The molecule has 0 saturated carbocycles. The lowest BCUT2D eigenvalue weighted by Crippen LogP contribution is -2.03. The molecule has 1 aliphatic rings. The second-order valence-corrected chi connectivity index (χ2v) is 20.3. The zero-order valence-electron chi connectivity index (χ0n) is 41.3. The van der Waals surface area contributed by atoms with Gasteiger partial charge in [-0.05, 0) is 183 Å². The summed E-state index contributed by atoms with van der Waals surface area (Å²) in [5.74, 6) is 0. The van der Waals surface area contributed by atoms with E-state index in [2.05, 4.69) is 259 Å². The van der Waals surface area contributed by atoms with Gasteiger partial charge < -0.3 is 9.13 Å². The molecule has 0 N–H and O–H groups in total. The van der Waals surface area contributed by atoms with Gasteiger partial charge in [-0.25, -0.2) is 0 Å². The first-order valence-corrected chi connectivity index (χ1v) is 26.0. The Balaban J connectivity index is 1.10. The molecule has 0 atom stereocenters. The van der Waals surface area contributed by atoms with E-state index >= 15 is 0 Å². The lowest BCUT2D eigenvalue weighted by Gasteiger charge is -2.27. The number of allylic oxidation sites excluding steroid dienone is 2. The predicted molar refractivity (Wildman–Crippen MR) is 322 cm³/mol. The maximum atomic E-state index is 4.03. The number of benzene rings is 13. The molecule has 2 nitrogen and oxygen atoms in total. The third kappa shape index (κ3) is 5.91. The third-order valence-corrected chi connectivity index (χ3v) is 16.6. The minimum Gasteiger partial charge on any atom is -0.313 e. The molecule has 16 rings (SSSR count). The van der Waals surface area contributed by atoms with E-state index in [-0.39, 0.29) is 0 Å². The van der Waals surface area contributed by atoms with Crippen LogP contribution in [0.15, 0.2) is 249 Å². The van der Waals surface area contributed by atoms with Gasteiger partial charge in [-0.1, -0.05) is 189 Å². The smallest absolute Gasteiger partial charge is 0.0541 e. The highest BCUT2D eigenvalue weighted by Gasteiger charge is 2.28. The molecule has 0 radical (unpaired) electrons. The zero-order chi connectivity index (χ0) is 49.5. The van der Waals surface area contributed by atoms with Crippen molar-refractivity contribution in [2.24, 2.45) is 0 Å². The van der Waals surface area contributed by atoms with Crippen LogP contribution in [0.2, 0.25) is 0 Å². The van der Waals surface area contributed by atoms with E-state index in [1.54, 1.807) is 0 Å². The summed E-state index contributed by atoms with van der Waals surface area (Å²) in [7, 11) is 0. The van der Waals surface area contributed by atoms with Crippen molar-refractivity contribution in [3.8, 4) is 55.9 Å². The molecule has 13 aromatic carbocycles. The molecule has 0 amide bonds. The number of aromatic nitrogens is 2. The van der Waals surface area contributed by atoms with Crippen molar-refractivity contribution in [1.82, 2.24) is 9.13 Å². The lowest BCUT2D eigenvalue weighted by molar-refractivity contribution is 1.05. The van der Waals surface area contributed by atoms with Crippen molar-refractivity contribution in [1.29, 1.82) is 0 Å². The average molecular weight is 951 g/mol. The van der Waals surface area contributed by atoms with Crippen molar-refractivity contribution in [3.05, 3.63) is 261 Å². The van der Waals surface area contributed by atoms with E-state index in [1.807, 2.05) is 12.2 Å². The summed E-state index contributed by atoms with van der Waals surface area (Å²) in [5, 5.41) is 18.8. The molecule has 348 valence electrons. The molecule has 0 fully saturated rings. The SMILES string of the molecule is C=C/C=C\c1c(C)n(-c2ccc3c(c2)-c2cc4c5ccccc5c5ccccc5c4cc2-c2ccc(-n4c5ccccc5c5ccccc54)cc2-c2cc4c5ccccc5c5ccccc5c4cc2-3)c2ccccc12. The summed E-state index contributed by atoms with van der Waals surface area (Å²) < 4.78 is 4.92. The summed E-state index contributed by atoms with van der Waals surface area (Å²) >= 11 is 0. The van der Waals surface area contributed by atoms with Gasteiger partial charge in [-0.15, -0.1) is 0 Å². The van der Waals surface area contributed by atoms with Crippen molar-refractivity contribution in [2.75, 3.05) is 0 Å². The van der Waals surface area contributed by atoms with Gasteiger partial charge in [0.2, 0.25) is 0 Å². The Bertz CT molecular complexity index is 4930. The van der Waals surface area contributed by atoms with Crippen molar-refractivity contribution >= 4 is 103 Å². The van der Waals surface area contributed by atoms with E-state index in [0.717, 1.165) is 11.4 Å². The Labute approximate surface area is 433 Å². The number of hydrogen-bond donors (Lipinski definition) is 0. The Morgan fingerprint density at radius 3 is 0.960 bits per heavy atom. The molecule has 0 saturated heterocycles. The molecule has 1 aliphatic carbocycles. The van der Waals surface area contributed by atoms with Crippen molar-refractivity contribution < 1.29 is 0 Å². The van der Waals surface area contributed by atoms with Crippen LogP contribution in [0.1, 0.15) is 11.3 Å². The van der Waals surface area contributed by atoms with Gasteiger partial charge >= 0.3 is 0 Å². The highest BCUT2D eigenvalue weighted by atomic mass is 15.0. The number of nitrogens with zero attached hydrogens (tertiary/aromatic N) is 2. The fraction of sp³-hybridized carbons (Fsp3) is 0.0137. The topological polar surface area (TPSA) is 9.86 Å². The average Bonchev–Trinajstić information content (AvgIpc) is 4.01. The molecular weight excluding hydrogens is 905 g/mol. The Kier molecular flexibility index (Phi) is 8.85. The monoisotopic (exact) mass is 950 g/mol.